The van der Waals surface area contributed by atoms with Crippen molar-refractivity contribution < 1.29 is 14.3 Å². The maximum absolute atomic E-state index is 12.6. The minimum Gasteiger partial charge on any atom is -0.443 e. The fourth-order valence-electron chi connectivity index (χ4n) is 3.30. The van der Waals surface area contributed by atoms with Gasteiger partial charge in [0.25, 0.3) is 5.91 Å². The lowest BCUT2D eigenvalue weighted by Crippen LogP contribution is -2.26. The van der Waals surface area contributed by atoms with Gasteiger partial charge in [0.2, 0.25) is 6.10 Å². The normalized spacial score (nSPS) is 12.1. The second-order valence-electron chi connectivity index (χ2n) is 6.91. The molecule has 0 spiro atoms. The van der Waals surface area contributed by atoms with E-state index in [0.717, 1.165) is 21.5 Å². The Bertz CT molecular complexity index is 1190. The van der Waals surface area contributed by atoms with Crippen LogP contribution in [0.5, 0.6) is 0 Å². The number of hydrogen-bond donors (Lipinski definition) is 1. The van der Waals surface area contributed by atoms with Gasteiger partial charge in [-0.25, -0.2) is 4.79 Å². The van der Waals surface area contributed by atoms with E-state index in [0.29, 0.717) is 11.1 Å². The van der Waals surface area contributed by atoms with Crippen molar-refractivity contribution in [2.75, 3.05) is 0 Å². The average Bonchev–Trinajstić information content (AvgIpc) is 3.04. The number of rotatable bonds is 6. The molecule has 0 aliphatic heterocycles. The van der Waals surface area contributed by atoms with Gasteiger partial charge in [-0.3, -0.25) is 4.79 Å². The molecule has 0 fully saturated rings. The Morgan fingerprint density at radius 2 is 1.77 bits per heavy atom. The van der Waals surface area contributed by atoms with Crippen molar-refractivity contribution in [3.05, 3.63) is 93.2 Å². The molecule has 6 nitrogen and oxygen atoms in total. The van der Waals surface area contributed by atoms with Crippen LogP contribution in [0.1, 0.15) is 28.6 Å². The Kier molecular flexibility index (Phi) is 6.73. The molecule has 1 heterocycles. The van der Waals surface area contributed by atoms with E-state index in [1.54, 1.807) is 30.3 Å². The molecular formula is C24H20BrN3O3. The van der Waals surface area contributed by atoms with Crippen LogP contribution in [-0.4, -0.2) is 16.4 Å². The summed E-state index contributed by atoms with van der Waals surface area (Å²) in [7, 11) is 0. The van der Waals surface area contributed by atoms with E-state index in [9.17, 15) is 14.9 Å². The Balaban J connectivity index is 1.92. The molecule has 0 saturated carbocycles. The van der Waals surface area contributed by atoms with Crippen molar-refractivity contribution in [1.82, 2.24) is 4.57 Å². The van der Waals surface area contributed by atoms with Crippen molar-refractivity contribution in [2.45, 2.75) is 20.0 Å². The standard InChI is InChI=1S/C24H20BrN3O3/c1-15-12-18(16(2)28(15)21-10-8-20(25)9-11-21)13-19(14-26)24(30)31-22(23(27)29)17-6-4-3-5-7-17/h3-13,22H,1-2H3,(H2,27,29)/b19-13+. The van der Waals surface area contributed by atoms with Gasteiger partial charge in [-0.1, -0.05) is 46.3 Å². The number of halogens is 1. The van der Waals surface area contributed by atoms with Crippen molar-refractivity contribution in [1.29, 1.82) is 5.26 Å². The van der Waals surface area contributed by atoms with Crippen LogP contribution in [0.2, 0.25) is 0 Å². The van der Waals surface area contributed by atoms with Crippen molar-refractivity contribution in [2.24, 2.45) is 5.73 Å². The van der Waals surface area contributed by atoms with Crippen LogP contribution < -0.4 is 5.73 Å². The molecule has 1 unspecified atom stereocenters. The number of carbonyl (C=O) groups excluding carboxylic acids is 2. The average molecular weight is 478 g/mol. The van der Waals surface area contributed by atoms with Gasteiger partial charge in [0.05, 0.1) is 0 Å². The van der Waals surface area contributed by atoms with Crippen LogP contribution in [0.15, 0.2) is 70.7 Å². The molecule has 3 aromatic rings. The van der Waals surface area contributed by atoms with E-state index in [1.807, 2.05) is 54.8 Å². The summed E-state index contributed by atoms with van der Waals surface area (Å²) in [6.07, 6.45) is 0.184. The Morgan fingerprint density at radius 1 is 1.13 bits per heavy atom. The number of nitrogens with zero attached hydrogens (tertiary/aromatic N) is 2. The highest BCUT2D eigenvalue weighted by Gasteiger charge is 2.25. The van der Waals surface area contributed by atoms with Crippen molar-refractivity contribution in [3.8, 4) is 11.8 Å². The van der Waals surface area contributed by atoms with Crippen LogP contribution >= 0.6 is 15.9 Å². The number of ether oxygens (including phenoxy) is 1. The minimum absolute atomic E-state index is 0.224. The molecule has 0 aliphatic rings. The van der Waals surface area contributed by atoms with E-state index in [-0.39, 0.29) is 5.57 Å². The molecule has 1 atom stereocenters. The number of amides is 1. The van der Waals surface area contributed by atoms with E-state index in [2.05, 4.69) is 15.9 Å². The quantitative estimate of drug-likeness (QED) is 0.320. The molecule has 0 bridgehead atoms. The molecule has 0 saturated heterocycles. The number of aromatic nitrogens is 1. The van der Waals surface area contributed by atoms with Crippen molar-refractivity contribution >= 4 is 33.9 Å². The molecule has 7 heteroatoms. The number of carbonyl (C=O) groups is 2. The Morgan fingerprint density at radius 3 is 2.35 bits per heavy atom. The maximum atomic E-state index is 12.6. The second-order valence-corrected chi connectivity index (χ2v) is 7.82. The zero-order chi connectivity index (χ0) is 22.5. The lowest BCUT2D eigenvalue weighted by atomic mass is 10.1. The number of hydrogen-bond acceptors (Lipinski definition) is 4. The van der Waals surface area contributed by atoms with E-state index < -0.39 is 18.0 Å². The third-order valence-electron chi connectivity index (χ3n) is 4.78. The minimum atomic E-state index is -1.28. The number of aryl methyl sites for hydroxylation is 1. The fourth-order valence-corrected chi connectivity index (χ4v) is 3.57. The van der Waals surface area contributed by atoms with Gasteiger partial charge < -0.3 is 15.0 Å². The first-order valence-corrected chi connectivity index (χ1v) is 10.2. The van der Waals surface area contributed by atoms with Gasteiger partial charge in [-0.05, 0) is 55.8 Å². The summed E-state index contributed by atoms with van der Waals surface area (Å²) in [6.45, 7) is 3.84. The number of benzene rings is 2. The number of nitriles is 1. The van der Waals surface area contributed by atoms with Crippen LogP contribution in [0.4, 0.5) is 0 Å². The fraction of sp³-hybridized carbons (Fsp3) is 0.125. The molecule has 156 valence electrons. The van der Waals surface area contributed by atoms with E-state index >= 15 is 0 Å². The lowest BCUT2D eigenvalue weighted by molar-refractivity contribution is -0.151. The topological polar surface area (TPSA) is 98.1 Å². The van der Waals surface area contributed by atoms with Gasteiger partial charge in [-0.2, -0.15) is 5.26 Å². The van der Waals surface area contributed by atoms with Crippen LogP contribution in [0, 0.1) is 25.2 Å². The van der Waals surface area contributed by atoms with E-state index in [1.165, 1.54) is 6.08 Å². The summed E-state index contributed by atoms with van der Waals surface area (Å²) in [5.41, 5.74) is 9.07. The predicted molar refractivity (Wildman–Crippen MR) is 121 cm³/mol. The highest BCUT2D eigenvalue weighted by molar-refractivity contribution is 9.10. The molecule has 1 aromatic heterocycles. The largest absolute Gasteiger partial charge is 0.443 e. The van der Waals surface area contributed by atoms with Crippen LogP contribution in [0.25, 0.3) is 11.8 Å². The number of nitrogens with two attached hydrogens (primary N) is 1. The molecule has 1 amide bonds. The molecule has 31 heavy (non-hydrogen) atoms. The summed E-state index contributed by atoms with van der Waals surface area (Å²) < 4.78 is 8.27. The molecule has 2 N–H and O–H groups in total. The SMILES string of the molecule is Cc1cc(/C=C(\C#N)C(=O)OC(C(N)=O)c2ccccc2)c(C)n1-c1ccc(Br)cc1. The monoisotopic (exact) mass is 477 g/mol. The highest BCUT2D eigenvalue weighted by Crippen LogP contribution is 2.25. The van der Waals surface area contributed by atoms with Gasteiger partial charge in [0.1, 0.15) is 11.6 Å². The zero-order valence-corrected chi connectivity index (χ0v) is 18.6. The summed E-state index contributed by atoms with van der Waals surface area (Å²) >= 11 is 3.43. The van der Waals surface area contributed by atoms with Gasteiger partial charge in [-0.15, -0.1) is 0 Å². The predicted octanol–water partition coefficient (Wildman–Crippen LogP) is 4.53. The first kappa shape index (κ1) is 22.1. The van der Waals surface area contributed by atoms with Gasteiger partial charge in [0, 0.05) is 27.1 Å². The molecular weight excluding hydrogens is 458 g/mol. The second kappa shape index (κ2) is 9.45. The smallest absolute Gasteiger partial charge is 0.350 e. The van der Waals surface area contributed by atoms with Gasteiger partial charge in [0.15, 0.2) is 0 Å². The molecule has 0 radical (unpaired) electrons. The summed E-state index contributed by atoms with van der Waals surface area (Å²) in [5.74, 6) is -1.73. The number of esters is 1. The van der Waals surface area contributed by atoms with Crippen LogP contribution in [0.3, 0.4) is 0 Å². The number of primary amides is 1. The van der Waals surface area contributed by atoms with Crippen molar-refractivity contribution in [3.63, 3.8) is 0 Å². The van der Waals surface area contributed by atoms with Gasteiger partial charge >= 0.3 is 5.97 Å². The zero-order valence-electron chi connectivity index (χ0n) is 17.0. The highest BCUT2D eigenvalue weighted by atomic mass is 79.9. The first-order chi connectivity index (χ1) is 14.8. The molecule has 2 aromatic carbocycles. The molecule has 0 aliphatic carbocycles. The van der Waals surface area contributed by atoms with Crippen LogP contribution in [-0.2, 0) is 14.3 Å². The lowest BCUT2D eigenvalue weighted by Gasteiger charge is -2.14. The Labute approximate surface area is 188 Å². The first-order valence-electron chi connectivity index (χ1n) is 9.43. The maximum Gasteiger partial charge on any atom is 0.350 e. The summed E-state index contributed by atoms with van der Waals surface area (Å²) in [5, 5.41) is 9.55. The third-order valence-corrected chi connectivity index (χ3v) is 5.31. The molecule has 3 rings (SSSR count). The summed E-state index contributed by atoms with van der Waals surface area (Å²) in [6, 6.07) is 20.0. The van der Waals surface area contributed by atoms with E-state index in [4.69, 9.17) is 10.5 Å². The third kappa shape index (κ3) is 4.93. The Hall–Kier alpha value is -3.63. The summed E-state index contributed by atoms with van der Waals surface area (Å²) in [4.78, 5) is 24.5.